The quantitative estimate of drug-likeness (QED) is 0.810. The molecule has 1 aromatic rings. The molecule has 0 saturated heterocycles. The lowest BCUT2D eigenvalue weighted by atomic mass is 10.2. The summed E-state index contributed by atoms with van der Waals surface area (Å²) < 4.78 is 49.7. The fourth-order valence-electron chi connectivity index (χ4n) is 1.07. The van der Waals surface area contributed by atoms with Crippen LogP contribution in [0.2, 0.25) is 0 Å². The van der Waals surface area contributed by atoms with Crippen molar-refractivity contribution in [3.63, 3.8) is 0 Å². The molecule has 0 aliphatic heterocycles. The second-order valence-electron chi connectivity index (χ2n) is 3.21. The molecule has 17 heavy (non-hydrogen) atoms. The summed E-state index contributed by atoms with van der Waals surface area (Å²) in [5.41, 5.74) is -0.0691. The van der Waals surface area contributed by atoms with E-state index in [0.717, 1.165) is 12.1 Å². The molecule has 0 saturated carbocycles. The van der Waals surface area contributed by atoms with E-state index in [1.165, 1.54) is 0 Å². The highest BCUT2D eigenvalue weighted by atomic mass is 32.2. The van der Waals surface area contributed by atoms with E-state index < -0.39 is 39.9 Å². The number of hydrogen-bond donors (Lipinski definition) is 2. The van der Waals surface area contributed by atoms with E-state index in [9.17, 15) is 22.0 Å². The second kappa shape index (κ2) is 5.19. The summed E-state index contributed by atoms with van der Waals surface area (Å²) in [4.78, 5) is 10.2. The molecular weight excluding hydrogens is 256 g/mol. The Labute approximate surface area is 96.1 Å². The van der Waals surface area contributed by atoms with Crippen LogP contribution >= 0.6 is 0 Å². The Kier molecular flexibility index (Phi) is 4.13. The molecule has 0 amide bonds. The van der Waals surface area contributed by atoms with Crippen LogP contribution in [0.15, 0.2) is 18.2 Å². The van der Waals surface area contributed by atoms with Crippen LogP contribution in [0.1, 0.15) is 5.56 Å². The van der Waals surface area contributed by atoms with E-state index >= 15 is 0 Å². The zero-order valence-electron chi connectivity index (χ0n) is 8.48. The third kappa shape index (κ3) is 4.45. The molecule has 0 fully saturated rings. The molecule has 1 aromatic carbocycles. The van der Waals surface area contributed by atoms with E-state index in [4.69, 9.17) is 5.11 Å². The Morgan fingerprint density at radius 2 is 2.00 bits per heavy atom. The molecule has 8 heteroatoms. The molecule has 1 rings (SSSR count). The first-order chi connectivity index (χ1) is 7.80. The van der Waals surface area contributed by atoms with Crippen molar-refractivity contribution in [2.75, 3.05) is 5.75 Å². The van der Waals surface area contributed by atoms with Gasteiger partial charge in [-0.2, -0.15) is 0 Å². The summed E-state index contributed by atoms with van der Waals surface area (Å²) in [6.07, 6.45) is 0. The average Bonchev–Trinajstić information content (AvgIpc) is 2.14. The van der Waals surface area contributed by atoms with Crippen LogP contribution in [0.25, 0.3) is 0 Å². The van der Waals surface area contributed by atoms with Gasteiger partial charge >= 0.3 is 5.97 Å². The minimum absolute atomic E-state index is 0.0691. The van der Waals surface area contributed by atoms with Crippen molar-refractivity contribution >= 4 is 16.0 Å². The van der Waals surface area contributed by atoms with Crippen LogP contribution in [0.3, 0.4) is 0 Å². The number of carboxylic acid groups (broad SMARTS) is 1. The largest absolute Gasteiger partial charge is 0.480 e. The van der Waals surface area contributed by atoms with Crippen molar-refractivity contribution in [3.8, 4) is 0 Å². The molecule has 0 bridgehead atoms. The first kappa shape index (κ1) is 13.5. The van der Waals surface area contributed by atoms with Crippen LogP contribution in [0.4, 0.5) is 8.78 Å². The number of aliphatic carboxylic acids is 1. The Balaban J connectivity index is 2.71. The van der Waals surface area contributed by atoms with Crippen molar-refractivity contribution in [3.05, 3.63) is 35.4 Å². The lowest BCUT2D eigenvalue weighted by Crippen LogP contribution is -2.29. The Morgan fingerprint density at radius 3 is 2.53 bits per heavy atom. The van der Waals surface area contributed by atoms with Gasteiger partial charge in [-0.3, -0.25) is 4.79 Å². The number of halogens is 2. The molecule has 0 spiro atoms. The third-order valence-corrected chi connectivity index (χ3v) is 3.02. The number of carboxylic acids is 1. The molecule has 0 atom stereocenters. The van der Waals surface area contributed by atoms with E-state index in [1.54, 1.807) is 0 Å². The molecule has 5 nitrogen and oxygen atoms in total. The number of nitrogens with one attached hydrogen (secondary N) is 1. The van der Waals surface area contributed by atoms with Crippen LogP contribution < -0.4 is 4.72 Å². The standard InChI is InChI=1S/C9H9F2NO4S/c10-7-2-1-6(8(11)3-7)4-12-17(15,16)5-9(13)14/h1-3,12H,4-5H2,(H,13,14). The Morgan fingerprint density at radius 1 is 1.35 bits per heavy atom. The SMILES string of the molecule is O=C(O)CS(=O)(=O)NCc1ccc(F)cc1F. The molecule has 0 heterocycles. The number of sulfonamides is 1. The first-order valence-electron chi connectivity index (χ1n) is 4.43. The molecule has 0 aliphatic rings. The predicted molar refractivity (Wildman–Crippen MR) is 54.6 cm³/mol. The molecule has 0 aromatic heterocycles. The van der Waals surface area contributed by atoms with E-state index in [-0.39, 0.29) is 5.56 Å². The van der Waals surface area contributed by atoms with E-state index in [2.05, 4.69) is 0 Å². The Bertz CT molecular complexity index is 530. The summed E-state index contributed by atoms with van der Waals surface area (Å²) in [6.45, 7) is -0.429. The molecule has 2 N–H and O–H groups in total. The zero-order chi connectivity index (χ0) is 13.1. The van der Waals surface area contributed by atoms with Crippen LogP contribution in [-0.4, -0.2) is 25.2 Å². The Hall–Kier alpha value is -1.54. The van der Waals surface area contributed by atoms with Crippen LogP contribution in [-0.2, 0) is 21.4 Å². The lowest BCUT2D eigenvalue weighted by molar-refractivity contribution is -0.134. The number of hydrogen-bond acceptors (Lipinski definition) is 3. The summed E-state index contributed by atoms with van der Waals surface area (Å²) >= 11 is 0. The first-order valence-corrected chi connectivity index (χ1v) is 6.08. The molecule has 0 aliphatic carbocycles. The van der Waals surface area contributed by atoms with Gasteiger partial charge in [0.05, 0.1) is 0 Å². The third-order valence-electron chi connectivity index (χ3n) is 1.81. The predicted octanol–water partition coefficient (Wildman–Crippen LogP) is 0.469. The van der Waals surface area contributed by atoms with Crippen molar-refractivity contribution in [2.45, 2.75) is 6.54 Å². The molecule has 0 unspecified atom stereocenters. The van der Waals surface area contributed by atoms with Gasteiger partial charge in [0.2, 0.25) is 10.0 Å². The van der Waals surface area contributed by atoms with Gasteiger partial charge in [0.25, 0.3) is 0 Å². The number of carbonyl (C=O) groups is 1. The fraction of sp³-hybridized carbons (Fsp3) is 0.222. The van der Waals surface area contributed by atoms with E-state index in [0.29, 0.717) is 6.07 Å². The van der Waals surface area contributed by atoms with Gasteiger partial charge in [-0.15, -0.1) is 0 Å². The van der Waals surface area contributed by atoms with Crippen molar-refractivity contribution in [2.24, 2.45) is 0 Å². The normalized spacial score (nSPS) is 11.4. The molecule has 94 valence electrons. The molecular formula is C9H9F2NO4S. The minimum atomic E-state index is -4.02. The number of rotatable bonds is 5. The van der Waals surface area contributed by atoms with Gasteiger partial charge in [0.1, 0.15) is 11.6 Å². The van der Waals surface area contributed by atoms with Gasteiger partial charge < -0.3 is 5.11 Å². The summed E-state index contributed by atoms with van der Waals surface area (Å²) in [6, 6.07) is 2.67. The van der Waals surface area contributed by atoms with Crippen LogP contribution in [0, 0.1) is 11.6 Å². The monoisotopic (exact) mass is 265 g/mol. The van der Waals surface area contributed by atoms with Gasteiger partial charge in [-0.05, 0) is 6.07 Å². The summed E-state index contributed by atoms with van der Waals surface area (Å²) in [5, 5.41) is 8.29. The fourth-order valence-corrected chi connectivity index (χ4v) is 1.87. The second-order valence-corrected chi connectivity index (χ2v) is 5.02. The summed E-state index contributed by atoms with van der Waals surface area (Å²) in [5.74, 6) is -4.30. The van der Waals surface area contributed by atoms with E-state index in [1.807, 2.05) is 4.72 Å². The maximum Gasteiger partial charge on any atom is 0.320 e. The molecule has 0 radical (unpaired) electrons. The maximum atomic E-state index is 13.1. The van der Waals surface area contributed by atoms with Gasteiger partial charge in [-0.25, -0.2) is 21.9 Å². The maximum absolute atomic E-state index is 13.1. The number of benzene rings is 1. The average molecular weight is 265 g/mol. The minimum Gasteiger partial charge on any atom is -0.480 e. The van der Waals surface area contributed by atoms with Crippen molar-refractivity contribution < 1.29 is 27.1 Å². The highest BCUT2D eigenvalue weighted by Gasteiger charge is 2.15. The highest BCUT2D eigenvalue weighted by Crippen LogP contribution is 2.09. The van der Waals surface area contributed by atoms with Crippen molar-refractivity contribution in [1.29, 1.82) is 0 Å². The van der Waals surface area contributed by atoms with Gasteiger partial charge in [0, 0.05) is 18.2 Å². The smallest absolute Gasteiger partial charge is 0.320 e. The van der Waals surface area contributed by atoms with Crippen LogP contribution in [0.5, 0.6) is 0 Å². The zero-order valence-corrected chi connectivity index (χ0v) is 9.30. The van der Waals surface area contributed by atoms with Gasteiger partial charge in [0.15, 0.2) is 5.75 Å². The van der Waals surface area contributed by atoms with Gasteiger partial charge in [-0.1, -0.05) is 6.07 Å². The van der Waals surface area contributed by atoms with Crippen molar-refractivity contribution in [1.82, 2.24) is 4.72 Å². The summed E-state index contributed by atoms with van der Waals surface area (Å²) in [7, 11) is -4.02. The highest BCUT2D eigenvalue weighted by molar-refractivity contribution is 7.90. The lowest BCUT2D eigenvalue weighted by Gasteiger charge is -2.05. The topological polar surface area (TPSA) is 83.5 Å².